The summed E-state index contributed by atoms with van der Waals surface area (Å²) in [7, 11) is 0. The normalized spacial score (nSPS) is 11.9. The van der Waals surface area contributed by atoms with E-state index in [1.54, 1.807) is 12.5 Å². The summed E-state index contributed by atoms with van der Waals surface area (Å²) < 4.78 is 8.04. The molecule has 0 bridgehead atoms. The molecule has 0 spiro atoms. The molecule has 0 saturated carbocycles. The van der Waals surface area contributed by atoms with E-state index in [1.807, 2.05) is 84.4 Å². The number of para-hydroxylation sites is 1. The van der Waals surface area contributed by atoms with Crippen LogP contribution in [0.1, 0.15) is 18.9 Å². The first kappa shape index (κ1) is 18.7. The molecule has 4 aromatic rings. The van der Waals surface area contributed by atoms with Crippen molar-refractivity contribution >= 4 is 16.7 Å². The van der Waals surface area contributed by atoms with Gasteiger partial charge in [0.25, 0.3) is 5.91 Å². The molecule has 1 heterocycles. The van der Waals surface area contributed by atoms with Crippen molar-refractivity contribution in [2.75, 3.05) is 0 Å². The second-order valence-corrected chi connectivity index (χ2v) is 6.81. The topological polar surface area (TPSA) is 56.1 Å². The van der Waals surface area contributed by atoms with Crippen molar-refractivity contribution in [2.45, 2.75) is 26.0 Å². The number of aromatic nitrogens is 2. The maximum absolute atomic E-state index is 12.8. The Hall–Kier alpha value is -3.60. The number of ether oxygens (including phenoxy) is 1. The zero-order valence-corrected chi connectivity index (χ0v) is 16.3. The predicted octanol–water partition coefficient (Wildman–Crippen LogP) is 4.50. The zero-order valence-electron chi connectivity index (χ0n) is 16.3. The summed E-state index contributed by atoms with van der Waals surface area (Å²) in [4.78, 5) is 16.9. The Kier molecular flexibility index (Phi) is 5.56. The summed E-state index contributed by atoms with van der Waals surface area (Å²) >= 11 is 0. The molecule has 29 heavy (non-hydrogen) atoms. The highest BCUT2D eigenvalue weighted by Gasteiger charge is 2.19. The first-order chi connectivity index (χ1) is 14.3. The van der Waals surface area contributed by atoms with E-state index >= 15 is 0 Å². The molecule has 3 aromatic carbocycles. The molecule has 0 radical (unpaired) electrons. The fourth-order valence-electron chi connectivity index (χ4n) is 3.38. The van der Waals surface area contributed by atoms with Gasteiger partial charge in [0.05, 0.1) is 12.0 Å². The predicted molar refractivity (Wildman–Crippen MR) is 114 cm³/mol. The van der Waals surface area contributed by atoms with Crippen molar-refractivity contribution < 1.29 is 9.53 Å². The zero-order chi connectivity index (χ0) is 20.1. The number of fused-ring (bicyclic) bond motifs is 1. The van der Waals surface area contributed by atoms with Crippen molar-refractivity contribution in [3.8, 4) is 11.4 Å². The highest BCUT2D eigenvalue weighted by Crippen LogP contribution is 2.26. The molecule has 5 nitrogen and oxygen atoms in total. The maximum atomic E-state index is 12.8. The van der Waals surface area contributed by atoms with Crippen LogP contribution in [0, 0.1) is 0 Å². The third kappa shape index (κ3) is 4.14. The van der Waals surface area contributed by atoms with E-state index in [0.717, 1.165) is 27.8 Å². The fourth-order valence-corrected chi connectivity index (χ4v) is 3.38. The third-order valence-corrected chi connectivity index (χ3v) is 4.91. The van der Waals surface area contributed by atoms with Crippen molar-refractivity contribution in [1.29, 1.82) is 0 Å². The van der Waals surface area contributed by atoms with Crippen LogP contribution in [-0.2, 0) is 11.3 Å². The Morgan fingerprint density at radius 1 is 1.07 bits per heavy atom. The van der Waals surface area contributed by atoms with Gasteiger partial charge in [-0.1, -0.05) is 61.5 Å². The monoisotopic (exact) mass is 385 g/mol. The lowest BCUT2D eigenvalue weighted by Crippen LogP contribution is -2.37. The lowest BCUT2D eigenvalue weighted by molar-refractivity contribution is -0.128. The summed E-state index contributed by atoms with van der Waals surface area (Å²) in [5.41, 5.74) is 2.01. The van der Waals surface area contributed by atoms with Gasteiger partial charge >= 0.3 is 0 Å². The van der Waals surface area contributed by atoms with Crippen LogP contribution in [0.5, 0.6) is 5.75 Å². The molecule has 1 aromatic heterocycles. The summed E-state index contributed by atoms with van der Waals surface area (Å²) in [6.07, 6.45) is 5.40. The molecule has 5 heteroatoms. The summed E-state index contributed by atoms with van der Waals surface area (Å²) in [6.45, 7) is 2.37. The number of carbonyl (C=O) groups excluding carboxylic acids is 1. The van der Waals surface area contributed by atoms with E-state index in [2.05, 4.69) is 10.3 Å². The number of hydrogen-bond acceptors (Lipinski definition) is 3. The second kappa shape index (κ2) is 8.61. The Morgan fingerprint density at radius 2 is 1.86 bits per heavy atom. The van der Waals surface area contributed by atoms with Crippen LogP contribution in [0.3, 0.4) is 0 Å². The van der Waals surface area contributed by atoms with Crippen LogP contribution in [0.2, 0.25) is 0 Å². The molecule has 0 unspecified atom stereocenters. The molecule has 0 saturated heterocycles. The molecular weight excluding hydrogens is 362 g/mol. The van der Waals surface area contributed by atoms with E-state index in [1.165, 1.54) is 0 Å². The minimum atomic E-state index is -0.554. The number of nitrogens with one attached hydrogen (secondary N) is 1. The highest BCUT2D eigenvalue weighted by molar-refractivity contribution is 5.89. The molecule has 0 aliphatic heterocycles. The lowest BCUT2D eigenvalue weighted by atomic mass is 10.1. The number of imidazole rings is 1. The Morgan fingerprint density at radius 3 is 2.69 bits per heavy atom. The number of nitrogens with zero attached hydrogens (tertiary/aromatic N) is 2. The van der Waals surface area contributed by atoms with Crippen molar-refractivity contribution in [3.05, 3.63) is 91.0 Å². The molecule has 1 amide bonds. The van der Waals surface area contributed by atoms with E-state index in [4.69, 9.17) is 4.74 Å². The average molecular weight is 385 g/mol. The largest absolute Gasteiger partial charge is 0.480 e. The van der Waals surface area contributed by atoms with E-state index in [9.17, 15) is 4.79 Å². The maximum Gasteiger partial charge on any atom is 0.261 e. The second-order valence-electron chi connectivity index (χ2n) is 6.81. The van der Waals surface area contributed by atoms with Crippen molar-refractivity contribution in [2.24, 2.45) is 0 Å². The van der Waals surface area contributed by atoms with Gasteiger partial charge in [0.2, 0.25) is 0 Å². The van der Waals surface area contributed by atoms with Crippen LogP contribution >= 0.6 is 0 Å². The van der Waals surface area contributed by atoms with Crippen LogP contribution in [0.25, 0.3) is 16.5 Å². The van der Waals surface area contributed by atoms with Crippen LogP contribution < -0.4 is 10.1 Å². The van der Waals surface area contributed by atoms with Gasteiger partial charge in [0.15, 0.2) is 6.10 Å². The smallest absolute Gasteiger partial charge is 0.261 e. The van der Waals surface area contributed by atoms with Gasteiger partial charge in [-0.15, -0.1) is 0 Å². The number of rotatable bonds is 7. The summed E-state index contributed by atoms with van der Waals surface area (Å²) in [6, 6.07) is 21.9. The number of hydrogen-bond donors (Lipinski definition) is 1. The van der Waals surface area contributed by atoms with Crippen molar-refractivity contribution in [3.63, 3.8) is 0 Å². The minimum Gasteiger partial charge on any atom is -0.480 e. The van der Waals surface area contributed by atoms with Gasteiger partial charge in [0.1, 0.15) is 5.75 Å². The fraction of sp³-hybridized carbons (Fsp3) is 0.167. The average Bonchev–Trinajstić information content (AvgIpc) is 3.31. The van der Waals surface area contributed by atoms with Gasteiger partial charge in [-0.05, 0) is 29.5 Å². The van der Waals surface area contributed by atoms with Gasteiger partial charge in [-0.2, -0.15) is 0 Å². The third-order valence-electron chi connectivity index (χ3n) is 4.91. The molecular formula is C24H23N3O2. The van der Waals surface area contributed by atoms with Gasteiger partial charge in [-0.3, -0.25) is 4.79 Å². The molecule has 0 fully saturated rings. The van der Waals surface area contributed by atoms with Gasteiger partial charge in [-0.25, -0.2) is 4.98 Å². The summed E-state index contributed by atoms with van der Waals surface area (Å²) in [5.74, 6) is 0.602. The van der Waals surface area contributed by atoms with Crippen LogP contribution in [-0.4, -0.2) is 21.6 Å². The highest BCUT2D eigenvalue weighted by atomic mass is 16.5. The van der Waals surface area contributed by atoms with Crippen LogP contribution in [0.15, 0.2) is 85.5 Å². The molecule has 0 aliphatic rings. The lowest BCUT2D eigenvalue weighted by Gasteiger charge is -2.19. The van der Waals surface area contributed by atoms with Gasteiger partial charge < -0.3 is 14.6 Å². The molecule has 1 atom stereocenters. The Balaban J connectivity index is 1.48. The standard InChI is InChI=1S/C24H23N3O2/c1-2-22(29-23-13-7-10-18-8-3-5-11-20(18)23)24(28)26-16-19-9-4-6-12-21(19)27-15-14-25-17-27/h3-15,17,22H,2,16H2,1H3,(H,26,28)/t22-/m0/s1. The van der Waals surface area contributed by atoms with E-state index in [-0.39, 0.29) is 5.91 Å². The molecule has 0 aliphatic carbocycles. The van der Waals surface area contributed by atoms with E-state index in [0.29, 0.717) is 13.0 Å². The van der Waals surface area contributed by atoms with Crippen LogP contribution in [0.4, 0.5) is 0 Å². The first-order valence-electron chi connectivity index (χ1n) is 9.74. The van der Waals surface area contributed by atoms with E-state index < -0.39 is 6.10 Å². The molecule has 146 valence electrons. The first-order valence-corrected chi connectivity index (χ1v) is 9.74. The van der Waals surface area contributed by atoms with Gasteiger partial charge in [0, 0.05) is 24.3 Å². The quantitative estimate of drug-likeness (QED) is 0.510. The number of benzene rings is 3. The van der Waals surface area contributed by atoms with Crippen molar-refractivity contribution in [1.82, 2.24) is 14.9 Å². The number of amides is 1. The Labute approximate surface area is 170 Å². The minimum absolute atomic E-state index is 0.124. The molecule has 4 rings (SSSR count). The number of carbonyl (C=O) groups is 1. The SMILES string of the molecule is CC[C@H](Oc1cccc2ccccc12)C(=O)NCc1ccccc1-n1ccnc1. The summed E-state index contributed by atoms with van der Waals surface area (Å²) in [5, 5.41) is 5.12. The molecule has 1 N–H and O–H groups in total. The Bertz CT molecular complexity index is 1100.